The van der Waals surface area contributed by atoms with Gasteiger partial charge in [0.05, 0.1) is 14.2 Å². The van der Waals surface area contributed by atoms with E-state index in [4.69, 9.17) is 14.6 Å². The largest absolute Gasteiger partial charge is 0.495 e. The summed E-state index contributed by atoms with van der Waals surface area (Å²) in [6.07, 6.45) is 0. The molecule has 1 N–H and O–H groups in total. The maximum atomic E-state index is 9.75. The Bertz CT molecular complexity index is 764. The maximum absolute atomic E-state index is 9.75. The van der Waals surface area contributed by atoms with Crippen LogP contribution in [-0.4, -0.2) is 25.3 Å². The summed E-state index contributed by atoms with van der Waals surface area (Å²) >= 11 is 3.45. The van der Waals surface area contributed by atoms with E-state index in [2.05, 4.69) is 66.3 Å². The van der Waals surface area contributed by atoms with Crippen LogP contribution in [0.3, 0.4) is 0 Å². The van der Waals surface area contributed by atoms with Crippen molar-refractivity contribution < 1.29 is 19.4 Å². The second-order valence-corrected chi connectivity index (χ2v) is 6.42. The van der Waals surface area contributed by atoms with Gasteiger partial charge in [0, 0.05) is 5.92 Å². The standard InChI is InChI=1S/C12H17BrO2.C8H4O2.BrH/c1-12(2,3)8-6-9(14-4)11(13)10(7-8)15-5;1-2-3-4-5-6-7-8(9)10;/h6-7H,1-5H3;1H3,(H,9,10);1H. The van der Waals surface area contributed by atoms with E-state index < -0.39 is 5.97 Å². The van der Waals surface area contributed by atoms with E-state index in [9.17, 15) is 4.79 Å². The Morgan fingerprint density at radius 3 is 1.85 bits per heavy atom. The number of hydrogen-bond acceptors (Lipinski definition) is 3. The lowest BCUT2D eigenvalue weighted by molar-refractivity contribution is -0.130. The number of aliphatic carboxylic acids is 1. The predicted octanol–water partition coefficient (Wildman–Crippen LogP) is 4.44. The molecule has 0 aliphatic carbocycles. The minimum atomic E-state index is -1.18. The molecule has 0 atom stereocenters. The Morgan fingerprint density at radius 1 is 1.04 bits per heavy atom. The van der Waals surface area contributed by atoms with Gasteiger partial charge in [0.15, 0.2) is 0 Å². The van der Waals surface area contributed by atoms with Crippen molar-refractivity contribution in [1.82, 2.24) is 0 Å². The zero-order valence-electron chi connectivity index (χ0n) is 15.6. The minimum absolute atomic E-state index is 0. The number of carboxylic acid groups (broad SMARTS) is 1. The molecule has 1 aromatic rings. The van der Waals surface area contributed by atoms with Crippen LogP contribution in [0.15, 0.2) is 16.6 Å². The Hall–Kier alpha value is -2.07. The van der Waals surface area contributed by atoms with Gasteiger partial charge in [0.1, 0.15) is 16.0 Å². The van der Waals surface area contributed by atoms with E-state index in [0.717, 1.165) is 16.0 Å². The number of benzene rings is 1. The molecule has 0 unspecified atom stereocenters. The molecule has 0 spiro atoms. The number of carbonyl (C=O) groups is 1. The van der Waals surface area contributed by atoms with Crippen molar-refractivity contribution in [2.45, 2.75) is 33.1 Å². The highest BCUT2D eigenvalue weighted by molar-refractivity contribution is 9.10. The first-order chi connectivity index (χ1) is 11.7. The summed E-state index contributed by atoms with van der Waals surface area (Å²) in [6.45, 7) is 8.12. The normalized spacial score (nSPS) is 8.42. The second kappa shape index (κ2) is 13.2. The molecular formula is C20H22Br2O4. The Balaban J connectivity index is 0. The molecule has 0 aliphatic heterocycles. The van der Waals surface area contributed by atoms with Crippen LogP contribution in [-0.2, 0) is 10.2 Å². The molecule has 0 saturated heterocycles. The van der Waals surface area contributed by atoms with Gasteiger partial charge in [-0.3, -0.25) is 0 Å². The Kier molecular flexibility index (Phi) is 13.3. The lowest BCUT2D eigenvalue weighted by atomic mass is 9.87. The molecular weight excluding hydrogens is 464 g/mol. The molecule has 0 bridgehead atoms. The third-order valence-corrected chi connectivity index (χ3v) is 3.58. The monoisotopic (exact) mass is 484 g/mol. The summed E-state index contributed by atoms with van der Waals surface area (Å²) in [4.78, 5) is 9.75. The van der Waals surface area contributed by atoms with E-state index in [1.54, 1.807) is 21.1 Å². The third kappa shape index (κ3) is 10.0. The van der Waals surface area contributed by atoms with Gasteiger partial charge in [0.25, 0.3) is 0 Å². The molecule has 1 rings (SSSR count). The first-order valence-electron chi connectivity index (χ1n) is 7.25. The number of methoxy groups -OCH3 is 2. The number of rotatable bonds is 2. The van der Waals surface area contributed by atoms with Crippen LogP contribution < -0.4 is 9.47 Å². The lowest BCUT2D eigenvalue weighted by Gasteiger charge is -2.21. The molecule has 0 aromatic heterocycles. The van der Waals surface area contributed by atoms with Crippen LogP contribution in [0.4, 0.5) is 0 Å². The molecule has 0 fully saturated rings. The van der Waals surface area contributed by atoms with Crippen molar-refractivity contribution in [2.24, 2.45) is 0 Å². The Morgan fingerprint density at radius 2 is 1.50 bits per heavy atom. The molecule has 140 valence electrons. The quantitative estimate of drug-likeness (QED) is 0.629. The van der Waals surface area contributed by atoms with E-state index >= 15 is 0 Å². The van der Waals surface area contributed by atoms with E-state index in [-0.39, 0.29) is 22.4 Å². The van der Waals surface area contributed by atoms with Crippen LogP contribution in [0.25, 0.3) is 0 Å². The molecule has 0 aliphatic rings. The number of halogens is 2. The summed E-state index contributed by atoms with van der Waals surface area (Å²) in [5, 5.41) is 7.99. The summed E-state index contributed by atoms with van der Waals surface area (Å²) in [5.41, 5.74) is 1.28. The van der Waals surface area contributed by atoms with Gasteiger partial charge in [0.2, 0.25) is 0 Å². The van der Waals surface area contributed by atoms with Crippen LogP contribution >= 0.6 is 32.9 Å². The molecule has 1 aromatic carbocycles. The summed E-state index contributed by atoms with van der Waals surface area (Å²) < 4.78 is 11.5. The second-order valence-electron chi connectivity index (χ2n) is 5.62. The van der Waals surface area contributed by atoms with Crippen molar-refractivity contribution in [1.29, 1.82) is 0 Å². The maximum Gasteiger partial charge on any atom is 0.382 e. The summed E-state index contributed by atoms with van der Waals surface area (Å²) in [7, 11) is 3.32. The zero-order valence-corrected chi connectivity index (χ0v) is 18.9. The molecule has 0 radical (unpaired) electrons. The molecule has 0 heterocycles. The summed E-state index contributed by atoms with van der Waals surface area (Å²) in [5.74, 6) is 13.9. The molecule has 0 saturated carbocycles. The van der Waals surface area contributed by atoms with Crippen molar-refractivity contribution in [3.05, 3.63) is 22.2 Å². The van der Waals surface area contributed by atoms with E-state index in [1.807, 2.05) is 18.1 Å². The van der Waals surface area contributed by atoms with Crippen LogP contribution in [0, 0.1) is 35.5 Å². The van der Waals surface area contributed by atoms with Gasteiger partial charge in [-0.15, -0.1) is 17.0 Å². The summed E-state index contributed by atoms with van der Waals surface area (Å²) in [6, 6.07) is 4.07. The topological polar surface area (TPSA) is 55.8 Å². The van der Waals surface area contributed by atoms with Gasteiger partial charge < -0.3 is 14.6 Å². The van der Waals surface area contributed by atoms with Crippen LogP contribution in [0.1, 0.15) is 33.3 Å². The number of ether oxygens (including phenoxy) is 2. The fourth-order valence-electron chi connectivity index (χ4n) is 1.51. The fourth-order valence-corrected chi connectivity index (χ4v) is 2.06. The highest BCUT2D eigenvalue weighted by atomic mass is 79.9. The first kappa shape index (κ1) is 26.2. The average molecular weight is 486 g/mol. The first-order valence-corrected chi connectivity index (χ1v) is 8.04. The molecule has 26 heavy (non-hydrogen) atoms. The number of carboxylic acids is 1. The highest BCUT2D eigenvalue weighted by Gasteiger charge is 2.18. The third-order valence-electron chi connectivity index (χ3n) is 2.79. The predicted molar refractivity (Wildman–Crippen MR) is 113 cm³/mol. The van der Waals surface area contributed by atoms with Crippen molar-refractivity contribution >= 4 is 38.9 Å². The van der Waals surface area contributed by atoms with E-state index in [0.29, 0.717) is 0 Å². The fraction of sp³-hybridized carbons (Fsp3) is 0.350. The van der Waals surface area contributed by atoms with Crippen molar-refractivity contribution in [2.75, 3.05) is 14.2 Å². The smallest absolute Gasteiger partial charge is 0.382 e. The molecule has 0 amide bonds. The van der Waals surface area contributed by atoms with Crippen LogP contribution in [0.5, 0.6) is 11.5 Å². The minimum Gasteiger partial charge on any atom is -0.495 e. The average Bonchev–Trinajstić information content (AvgIpc) is 2.54. The van der Waals surface area contributed by atoms with Crippen LogP contribution in [0.2, 0.25) is 0 Å². The van der Waals surface area contributed by atoms with E-state index in [1.165, 1.54) is 5.56 Å². The number of hydrogen-bond donors (Lipinski definition) is 1. The van der Waals surface area contributed by atoms with Gasteiger partial charge in [-0.05, 0) is 69.6 Å². The van der Waals surface area contributed by atoms with Crippen molar-refractivity contribution in [3.8, 4) is 47.0 Å². The molecule has 6 heteroatoms. The van der Waals surface area contributed by atoms with Gasteiger partial charge in [-0.25, -0.2) is 4.79 Å². The SMILES string of the molecule is Br.CC#CC#CC#CC(=O)O.COc1cc(C(C)(C)C)cc(OC)c1Br. The van der Waals surface area contributed by atoms with Gasteiger partial charge >= 0.3 is 5.97 Å². The van der Waals surface area contributed by atoms with Gasteiger partial charge in [-0.2, -0.15) is 0 Å². The zero-order chi connectivity index (χ0) is 19.5. The lowest BCUT2D eigenvalue weighted by Crippen LogP contribution is -2.11. The molecule has 4 nitrogen and oxygen atoms in total. The van der Waals surface area contributed by atoms with Gasteiger partial charge in [-0.1, -0.05) is 26.7 Å². The highest BCUT2D eigenvalue weighted by Crippen LogP contribution is 2.38. The van der Waals surface area contributed by atoms with Crippen molar-refractivity contribution in [3.63, 3.8) is 0 Å². The Labute approximate surface area is 174 Å².